The maximum atomic E-state index is 4.89. The summed E-state index contributed by atoms with van der Waals surface area (Å²) in [6.45, 7) is 10.1. The molecule has 6 heteroatoms. The van der Waals surface area contributed by atoms with Gasteiger partial charge in [0.25, 0.3) is 0 Å². The first-order valence-corrected chi connectivity index (χ1v) is 9.60. The van der Waals surface area contributed by atoms with Crippen molar-refractivity contribution in [1.82, 2.24) is 24.7 Å². The predicted octanol–water partition coefficient (Wildman–Crippen LogP) is 4.57. The van der Waals surface area contributed by atoms with E-state index in [9.17, 15) is 0 Å². The maximum Gasteiger partial charge on any atom is 2.00 e. The number of pyridine rings is 3. The molecule has 0 saturated heterocycles. The van der Waals surface area contributed by atoms with Gasteiger partial charge in [0, 0.05) is 11.9 Å². The van der Waals surface area contributed by atoms with Gasteiger partial charge in [0.2, 0.25) is 0 Å². The molecule has 4 aromatic rings. The van der Waals surface area contributed by atoms with Gasteiger partial charge < -0.3 is 9.97 Å². The van der Waals surface area contributed by atoms with Crippen LogP contribution in [0.25, 0.3) is 16.9 Å². The smallest absolute Gasteiger partial charge is 0.357 e. The zero-order chi connectivity index (χ0) is 20.6. The minimum absolute atomic E-state index is 0. The average molecular weight is 577 g/mol. The van der Waals surface area contributed by atoms with Crippen molar-refractivity contribution in [2.24, 2.45) is 0 Å². The van der Waals surface area contributed by atoms with E-state index in [2.05, 4.69) is 36.1 Å². The van der Waals surface area contributed by atoms with Crippen LogP contribution in [0, 0.1) is 33.0 Å². The van der Waals surface area contributed by atoms with Crippen molar-refractivity contribution in [2.75, 3.05) is 0 Å². The van der Waals surface area contributed by atoms with Crippen LogP contribution < -0.4 is 0 Å². The second-order valence-corrected chi connectivity index (χ2v) is 7.78. The summed E-state index contributed by atoms with van der Waals surface area (Å²) in [7, 11) is 0. The largest absolute Gasteiger partial charge is 2.00 e. The van der Waals surface area contributed by atoms with Crippen molar-refractivity contribution in [3.63, 3.8) is 0 Å². The summed E-state index contributed by atoms with van der Waals surface area (Å²) in [6, 6.07) is 17.3. The molecular weight excluding hydrogens is 553 g/mol. The topological polar surface area (TPSA) is 56.5 Å². The molecule has 154 valence electrons. The summed E-state index contributed by atoms with van der Waals surface area (Å²) in [5, 5.41) is 4.82. The second kappa shape index (κ2) is 8.61. The van der Waals surface area contributed by atoms with E-state index in [4.69, 9.17) is 10.1 Å². The quantitative estimate of drug-likeness (QED) is 0.334. The molecule has 0 aliphatic heterocycles. The molecule has 0 fully saturated rings. The van der Waals surface area contributed by atoms with Gasteiger partial charge in [0.15, 0.2) is 0 Å². The SMILES string of the molecule is Cc1[c-]c(-n2ccc(C(C)(C)c3cccc(-c4[c-]nc(C)cc4)n3)n2)cc(C)n1.[Pt+2]. The molecule has 0 atom stereocenters. The molecule has 0 saturated carbocycles. The third-order valence-electron chi connectivity index (χ3n) is 4.98. The van der Waals surface area contributed by atoms with Gasteiger partial charge in [-0.25, -0.2) is 6.07 Å². The Morgan fingerprint density at radius 3 is 2.40 bits per heavy atom. The fourth-order valence-corrected chi connectivity index (χ4v) is 3.29. The van der Waals surface area contributed by atoms with Gasteiger partial charge in [-0.15, -0.1) is 23.4 Å². The molecule has 0 radical (unpaired) electrons. The Hall–Kier alpha value is -2.65. The zero-order valence-electron chi connectivity index (χ0n) is 17.7. The van der Waals surface area contributed by atoms with Gasteiger partial charge >= 0.3 is 21.1 Å². The van der Waals surface area contributed by atoms with E-state index in [1.54, 1.807) is 0 Å². The van der Waals surface area contributed by atoms with Gasteiger partial charge in [-0.05, 0) is 63.1 Å². The van der Waals surface area contributed by atoms with Crippen molar-refractivity contribution in [3.8, 4) is 16.9 Å². The second-order valence-electron chi connectivity index (χ2n) is 7.78. The Morgan fingerprint density at radius 1 is 0.900 bits per heavy atom. The third-order valence-corrected chi connectivity index (χ3v) is 4.98. The summed E-state index contributed by atoms with van der Waals surface area (Å²) in [5.41, 5.74) is 6.89. The van der Waals surface area contributed by atoms with E-state index in [1.807, 2.05) is 74.1 Å². The number of hydrogen-bond donors (Lipinski definition) is 0. The first-order chi connectivity index (χ1) is 13.8. The summed E-state index contributed by atoms with van der Waals surface area (Å²) >= 11 is 0. The number of nitrogens with zero attached hydrogens (tertiary/aromatic N) is 5. The van der Waals surface area contributed by atoms with E-state index in [0.717, 1.165) is 45.4 Å². The molecular formula is C24H23N5Pt. The molecule has 0 aliphatic rings. The van der Waals surface area contributed by atoms with E-state index in [1.165, 1.54) is 0 Å². The summed E-state index contributed by atoms with van der Waals surface area (Å²) in [5.74, 6) is 0. The van der Waals surface area contributed by atoms with Gasteiger partial charge in [0.1, 0.15) is 0 Å². The Labute approximate surface area is 191 Å². The minimum Gasteiger partial charge on any atom is -0.357 e. The molecule has 4 heterocycles. The Kier molecular flexibility index (Phi) is 6.32. The van der Waals surface area contributed by atoms with Crippen LogP contribution in [0.2, 0.25) is 0 Å². The van der Waals surface area contributed by atoms with Crippen LogP contribution >= 0.6 is 0 Å². The fourth-order valence-electron chi connectivity index (χ4n) is 3.29. The summed E-state index contributed by atoms with van der Waals surface area (Å²) in [6.07, 6.45) is 5.03. The third kappa shape index (κ3) is 4.41. The zero-order valence-corrected chi connectivity index (χ0v) is 19.9. The molecule has 0 bridgehead atoms. The predicted molar refractivity (Wildman–Crippen MR) is 113 cm³/mol. The number of aromatic nitrogens is 5. The molecule has 0 aliphatic carbocycles. The van der Waals surface area contributed by atoms with E-state index >= 15 is 0 Å². The van der Waals surface area contributed by atoms with Crippen molar-refractivity contribution < 1.29 is 21.1 Å². The van der Waals surface area contributed by atoms with Gasteiger partial charge in [-0.2, -0.15) is 11.2 Å². The first-order valence-electron chi connectivity index (χ1n) is 9.60. The van der Waals surface area contributed by atoms with Crippen molar-refractivity contribution in [1.29, 1.82) is 0 Å². The van der Waals surface area contributed by atoms with Crippen molar-refractivity contribution in [3.05, 3.63) is 89.4 Å². The minimum atomic E-state index is -0.365. The van der Waals surface area contributed by atoms with Crippen LogP contribution in [0.4, 0.5) is 0 Å². The van der Waals surface area contributed by atoms with Gasteiger partial charge in [-0.3, -0.25) is 9.67 Å². The molecule has 0 aromatic carbocycles. The summed E-state index contributed by atoms with van der Waals surface area (Å²) in [4.78, 5) is 13.6. The number of rotatable bonds is 4. The number of hydrogen-bond acceptors (Lipinski definition) is 4. The molecule has 4 aromatic heterocycles. The normalized spacial score (nSPS) is 11.2. The Balaban J connectivity index is 0.00000256. The van der Waals surface area contributed by atoms with Gasteiger partial charge in [0.05, 0.1) is 11.1 Å². The maximum absolute atomic E-state index is 4.89. The standard InChI is InChI=1S/C24H23N5.Pt/c1-16-9-10-19(15-25-16)21-7-6-8-22(27-21)24(4,5)23-11-12-29(28-23)20-13-17(2)26-18(3)14-20;/h6-13H,1-5H3;/q-2;+2. The average Bonchev–Trinajstić information content (AvgIpc) is 3.19. The van der Waals surface area contributed by atoms with Crippen LogP contribution in [0.5, 0.6) is 0 Å². The molecule has 4 rings (SSSR count). The summed E-state index contributed by atoms with van der Waals surface area (Å²) < 4.78 is 1.85. The van der Waals surface area contributed by atoms with Crippen molar-refractivity contribution in [2.45, 2.75) is 40.0 Å². The molecule has 30 heavy (non-hydrogen) atoms. The van der Waals surface area contributed by atoms with Crippen LogP contribution in [-0.4, -0.2) is 24.7 Å². The van der Waals surface area contributed by atoms with Crippen LogP contribution in [0.1, 0.15) is 42.3 Å². The molecule has 0 N–H and O–H groups in total. The Bertz CT molecular complexity index is 1140. The molecule has 0 unspecified atom stereocenters. The number of aryl methyl sites for hydroxylation is 3. The van der Waals surface area contributed by atoms with E-state index in [0.29, 0.717) is 0 Å². The molecule has 0 amide bonds. The first kappa shape index (κ1) is 22.0. The molecule has 5 nitrogen and oxygen atoms in total. The monoisotopic (exact) mass is 576 g/mol. The Morgan fingerprint density at radius 2 is 1.70 bits per heavy atom. The molecule has 0 spiro atoms. The van der Waals surface area contributed by atoms with Crippen LogP contribution in [0.3, 0.4) is 0 Å². The van der Waals surface area contributed by atoms with E-state index in [-0.39, 0.29) is 26.5 Å². The van der Waals surface area contributed by atoms with Crippen LogP contribution in [-0.2, 0) is 26.5 Å². The van der Waals surface area contributed by atoms with E-state index < -0.39 is 0 Å². The van der Waals surface area contributed by atoms with Gasteiger partial charge in [-0.1, -0.05) is 24.8 Å². The van der Waals surface area contributed by atoms with Crippen LogP contribution in [0.15, 0.2) is 48.7 Å². The van der Waals surface area contributed by atoms with Crippen molar-refractivity contribution >= 4 is 0 Å². The fraction of sp³-hybridized carbons (Fsp3) is 0.250.